The maximum atomic E-state index is 2.29. The summed E-state index contributed by atoms with van der Waals surface area (Å²) >= 11 is 0. The second-order valence-corrected chi connectivity index (χ2v) is 2.89. The van der Waals surface area contributed by atoms with Gasteiger partial charge in [-0.15, -0.1) is 17.0 Å². The Morgan fingerprint density at radius 2 is 1.60 bits per heavy atom. The fourth-order valence-corrected chi connectivity index (χ4v) is 0.803. The van der Waals surface area contributed by atoms with E-state index in [-0.39, 0.29) is 23.1 Å². The highest BCUT2D eigenvalue weighted by Crippen LogP contribution is 2.06. The lowest BCUT2D eigenvalue weighted by atomic mass is 10.1. The molecule has 1 nitrogen and oxygen atoms in total. The van der Waals surface area contributed by atoms with Gasteiger partial charge in [0.2, 0.25) is 0 Å². The molecule has 3 N–H and O–H groups in total. The first-order chi connectivity index (χ1) is 3.77. The van der Waals surface area contributed by atoms with Crippen LogP contribution in [0.1, 0.15) is 46.5 Å². The van der Waals surface area contributed by atoms with Crippen molar-refractivity contribution in [2.24, 2.45) is 5.92 Å². The third kappa shape index (κ3) is 15.8. The molecular weight excluding hydrogens is 190 g/mol. The van der Waals surface area contributed by atoms with E-state index in [2.05, 4.69) is 20.8 Å². The summed E-state index contributed by atoms with van der Waals surface area (Å²) in [7, 11) is 0. The predicted molar refractivity (Wildman–Crippen MR) is 54.3 cm³/mol. The molecule has 0 aromatic heterocycles. The predicted octanol–water partition coefficient (Wildman–Crippen LogP) is 3.96. The van der Waals surface area contributed by atoms with E-state index in [4.69, 9.17) is 0 Å². The lowest BCUT2D eigenvalue weighted by Crippen LogP contribution is -1.85. The summed E-state index contributed by atoms with van der Waals surface area (Å²) < 4.78 is 0. The average molecular weight is 212 g/mol. The summed E-state index contributed by atoms with van der Waals surface area (Å²) in [5.74, 6) is 0.904. The summed E-state index contributed by atoms with van der Waals surface area (Å²) in [5.41, 5.74) is 0. The molecule has 0 aliphatic rings. The minimum Gasteiger partial charge on any atom is -0.344 e. The molecule has 0 spiro atoms. The summed E-state index contributed by atoms with van der Waals surface area (Å²) in [5, 5.41) is 0. The van der Waals surface area contributed by atoms with E-state index < -0.39 is 0 Å². The van der Waals surface area contributed by atoms with Crippen LogP contribution < -0.4 is 6.15 Å². The Hall–Kier alpha value is 0.440. The molecule has 0 rings (SSSR count). The van der Waals surface area contributed by atoms with Crippen LogP contribution in [0.25, 0.3) is 0 Å². The Bertz CT molecular complexity index is 46.5. The van der Waals surface area contributed by atoms with Gasteiger partial charge in [0.1, 0.15) is 0 Å². The molecule has 0 amide bonds. The lowest BCUT2D eigenvalue weighted by Gasteiger charge is -2.00. The van der Waals surface area contributed by atoms with Gasteiger partial charge in [-0.25, -0.2) is 0 Å². The fraction of sp³-hybridized carbons (Fsp3) is 1.00. The molecule has 0 aromatic rings. The summed E-state index contributed by atoms with van der Waals surface area (Å²) in [4.78, 5) is 0. The Balaban J connectivity index is -0.000000245. The van der Waals surface area contributed by atoms with E-state index in [1.165, 1.54) is 25.7 Å². The first-order valence-corrected chi connectivity index (χ1v) is 3.77. The molecule has 10 heavy (non-hydrogen) atoms. The molecule has 2 heteroatoms. The SMILES string of the molecule is Br.CCCCCC(C)C.N. The highest BCUT2D eigenvalue weighted by Gasteiger charge is 1.90. The standard InChI is InChI=1S/C8H18.BrH.H3N/c1-4-5-6-7-8(2)3;;/h8H,4-7H2,1-3H3;1H;1H3. The lowest BCUT2D eigenvalue weighted by molar-refractivity contribution is 0.534. The quantitative estimate of drug-likeness (QED) is 0.703. The Kier molecular flexibility index (Phi) is 20.4. The minimum absolute atomic E-state index is 0. The van der Waals surface area contributed by atoms with Crippen molar-refractivity contribution in [2.45, 2.75) is 46.5 Å². The third-order valence-corrected chi connectivity index (χ3v) is 1.39. The first-order valence-electron chi connectivity index (χ1n) is 3.77. The molecule has 0 aliphatic carbocycles. The second-order valence-electron chi connectivity index (χ2n) is 2.89. The number of halogens is 1. The molecule has 0 heterocycles. The van der Waals surface area contributed by atoms with Crippen LogP contribution in [0.5, 0.6) is 0 Å². The highest BCUT2D eigenvalue weighted by atomic mass is 79.9. The maximum absolute atomic E-state index is 2.29. The van der Waals surface area contributed by atoms with Crippen LogP contribution in [0.2, 0.25) is 0 Å². The van der Waals surface area contributed by atoms with Gasteiger partial charge >= 0.3 is 0 Å². The Morgan fingerprint density at radius 3 is 1.90 bits per heavy atom. The van der Waals surface area contributed by atoms with Crippen LogP contribution in [-0.4, -0.2) is 0 Å². The van der Waals surface area contributed by atoms with Crippen molar-refractivity contribution in [1.82, 2.24) is 6.15 Å². The van der Waals surface area contributed by atoms with Crippen LogP contribution in [0.3, 0.4) is 0 Å². The van der Waals surface area contributed by atoms with Gasteiger partial charge in [-0.1, -0.05) is 46.5 Å². The van der Waals surface area contributed by atoms with Gasteiger partial charge in [0, 0.05) is 0 Å². The van der Waals surface area contributed by atoms with Crippen LogP contribution in [-0.2, 0) is 0 Å². The van der Waals surface area contributed by atoms with Crippen molar-refractivity contribution >= 4 is 17.0 Å². The zero-order chi connectivity index (χ0) is 6.41. The molecular formula is C8H22BrN. The number of rotatable bonds is 4. The fourth-order valence-electron chi connectivity index (χ4n) is 0.803. The zero-order valence-electron chi connectivity index (χ0n) is 7.52. The van der Waals surface area contributed by atoms with Crippen LogP contribution in [0.4, 0.5) is 0 Å². The monoisotopic (exact) mass is 211 g/mol. The summed E-state index contributed by atoms with van der Waals surface area (Å²) in [6.45, 7) is 6.83. The molecule has 0 aliphatic heterocycles. The number of unbranched alkanes of at least 4 members (excludes halogenated alkanes) is 2. The topological polar surface area (TPSA) is 35.0 Å². The molecule has 0 saturated carbocycles. The Morgan fingerprint density at radius 1 is 1.10 bits per heavy atom. The van der Waals surface area contributed by atoms with Gasteiger partial charge in [0.05, 0.1) is 0 Å². The average Bonchev–Trinajstić information content (AvgIpc) is 1.66. The molecule has 0 fully saturated rings. The largest absolute Gasteiger partial charge is 0.344 e. The van der Waals surface area contributed by atoms with Crippen molar-refractivity contribution in [3.8, 4) is 0 Å². The Labute approximate surface area is 75.9 Å². The van der Waals surface area contributed by atoms with Crippen molar-refractivity contribution in [1.29, 1.82) is 0 Å². The van der Waals surface area contributed by atoms with E-state index in [0.29, 0.717) is 0 Å². The second kappa shape index (κ2) is 12.1. The van der Waals surface area contributed by atoms with Crippen molar-refractivity contribution in [3.05, 3.63) is 0 Å². The van der Waals surface area contributed by atoms with Crippen molar-refractivity contribution in [2.75, 3.05) is 0 Å². The van der Waals surface area contributed by atoms with Crippen molar-refractivity contribution in [3.63, 3.8) is 0 Å². The highest BCUT2D eigenvalue weighted by molar-refractivity contribution is 8.93. The maximum Gasteiger partial charge on any atom is -0.0471 e. The van der Waals surface area contributed by atoms with E-state index in [1.807, 2.05) is 0 Å². The first kappa shape index (κ1) is 16.8. The molecule has 0 radical (unpaired) electrons. The number of hydrogen-bond acceptors (Lipinski definition) is 1. The van der Waals surface area contributed by atoms with Gasteiger partial charge in [-0.3, -0.25) is 0 Å². The van der Waals surface area contributed by atoms with Gasteiger partial charge in [0.25, 0.3) is 0 Å². The van der Waals surface area contributed by atoms with Crippen LogP contribution in [0.15, 0.2) is 0 Å². The summed E-state index contributed by atoms with van der Waals surface area (Å²) in [6.07, 6.45) is 5.60. The smallest absolute Gasteiger partial charge is 0.0471 e. The van der Waals surface area contributed by atoms with Gasteiger partial charge in [-0.2, -0.15) is 0 Å². The van der Waals surface area contributed by atoms with Crippen molar-refractivity contribution < 1.29 is 0 Å². The molecule has 0 saturated heterocycles. The molecule has 0 unspecified atom stereocenters. The zero-order valence-corrected chi connectivity index (χ0v) is 9.23. The molecule has 0 atom stereocenters. The molecule has 0 bridgehead atoms. The molecule has 0 aromatic carbocycles. The van der Waals surface area contributed by atoms with Gasteiger partial charge < -0.3 is 6.15 Å². The van der Waals surface area contributed by atoms with Gasteiger partial charge in [0.15, 0.2) is 0 Å². The summed E-state index contributed by atoms with van der Waals surface area (Å²) in [6, 6.07) is 0. The third-order valence-electron chi connectivity index (χ3n) is 1.39. The van der Waals surface area contributed by atoms with E-state index in [1.54, 1.807) is 0 Å². The number of hydrogen-bond donors (Lipinski definition) is 1. The normalized spacial score (nSPS) is 8.40. The van der Waals surface area contributed by atoms with Gasteiger partial charge in [-0.05, 0) is 5.92 Å². The molecule has 66 valence electrons. The van der Waals surface area contributed by atoms with E-state index in [0.717, 1.165) is 5.92 Å². The van der Waals surface area contributed by atoms with Crippen LogP contribution >= 0.6 is 17.0 Å². The minimum atomic E-state index is 0. The van der Waals surface area contributed by atoms with E-state index in [9.17, 15) is 0 Å². The van der Waals surface area contributed by atoms with Crippen LogP contribution in [0, 0.1) is 5.92 Å². The van der Waals surface area contributed by atoms with E-state index >= 15 is 0 Å².